The van der Waals surface area contributed by atoms with Crippen molar-refractivity contribution < 1.29 is 0 Å². The van der Waals surface area contributed by atoms with Gasteiger partial charge in [-0.2, -0.15) is 0 Å². The van der Waals surface area contributed by atoms with E-state index in [0.29, 0.717) is 0 Å². The zero-order valence-electron chi connectivity index (χ0n) is 28.7. The maximum atomic E-state index is 2.49. The molecule has 0 fully saturated rings. The van der Waals surface area contributed by atoms with Gasteiger partial charge in [0.1, 0.15) is 0 Å². The maximum Gasteiger partial charge on any atom is 0.0719 e. The Morgan fingerprint density at radius 2 is 0.904 bits per heavy atom. The van der Waals surface area contributed by atoms with Crippen molar-refractivity contribution in [1.82, 2.24) is 0 Å². The van der Waals surface area contributed by atoms with E-state index in [1.807, 2.05) is 0 Å². The average Bonchev–Trinajstić information content (AvgIpc) is 3.54. The minimum absolute atomic E-state index is 0.545. The predicted octanol–water partition coefficient (Wildman–Crippen LogP) is 13.5. The molecule has 0 bridgehead atoms. The van der Waals surface area contributed by atoms with E-state index in [0.717, 1.165) is 11.4 Å². The monoisotopic (exact) mass is 661 g/mol. The van der Waals surface area contributed by atoms with Crippen LogP contribution in [0.1, 0.15) is 22.3 Å². The van der Waals surface area contributed by atoms with E-state index >= 15 is 0 Å². The van der Waals surface area contributed by atoms with E-state index in [1.165, 1.54) is 71.7 Å². The van der Waals surface area contributed by atoms with Crippen LogP contribution in [-0.2, 0) is 5.41 Å². The summed E-state index contributed by atoms with van der Waals surface area (Å²) in [6.07, 6.45) is 0. The van der Waals surface area contributed by atoms with Crippen LogP contribution in [0, 0.1) is 0 Å². The molecule has 1 nitrogen and oxygen atoms in total. The Kier molecular flexibility index (Phi) is 7.11. The summed E-state index contributed by atoms with van der Waals surface area (Å²) in [5, 5.41) is 4.90. The van der Waals surface area contributed by atoms with Crippen molar-refractivity contribution in [2.75, 3.05) is 4.90 Å². The highest BCUT2D eigenvalue weighted by Gasteiger charge is 2.49. The zero-order chi connectivity index (χ0) is 34.5. The Hall–Kier alpha value is -6.70. The molecule has 10 rings (SSSR count). The van der Waals surface area contributed by atoms with Crippen LogP contribution in [0.15, 0.2) is 212 Å². The number of hydrogen-bond acceptors (Lipinski definition) is 1. The normalized spacial score (nSPS) is 12.8. The minimum atomic E-state index is -0.545. The van der Waals surface area contributed by atoms with Crippen molar-refractivity contribution >= 4 is 38.6 Å². The molecule has 0 saturated carbocycles. The van der Waals surface area contributed by atoms with E-state index < -0.39 is 5.41 Å². The first-order chi connectivity index (χ1) is 25.8. The van der Waals surface area contributed by atoms with E-state index in [1.54, 1.807) is 0 Å². The second kappa shape index (κ2) is 12.3. The molecule has 0 N–H and O–H groups in total. The number of nitrogens with zero attached hydrogens (tertiary/aromatic N) is 1. The van der Waals surface area contributed by atoms with Gasteiger partial charge in [0, 0.05) is 22.3 Å². The Morgan fingerprint density at radius 3 is 1.60 bits per heavy atom. The fourth-order valence-electron chi connectivity index (χ4n) is 8.80. The quantitative estimate of drug-likeness (QED) is 0.171. The topological polar surface area (TPSA) is 3.24 Å². The van der Waals surface area contributed by atoms with Gasteiger partial charge in [0.2, 0.25) is 0 Å². The molecule has 0 unspecified atom stereocenters. The molecule has 0 aromatic heterocycles. The van der Waals surface area contributed by atoms with Crippen LogP contribution in [0.25, 0.3) is 43.8 Å². The summed E-state index contributed by atoms with van der Waals surface area (Å²) in [6, 6.07) is 77.9. The molecule has 0 heterocycles. The van der Waals surface area contributed by atoms with Crippen molar-refractivity contribution in [1.29, 1.82) is 0 Å². The lowest BCUT2D eigenvalue weighted by Crippen LogP contribution is -2.29. The first-order valence-corrected chi connectivity index (χ1v) is 18.0. The summed E-state index contributed by atoms with van der Waals surface area (Å²) in [5.74, 6) is 0. The van der Waals surface area contributed by atoms with Crippen molar-refractivity contribution in [3.63, 3.8) is 0 Å². The molecule has 0 aliphatic heterocycles. The van der Waals surface area contributed by atoms with Gasteiger partial charge in [-0.1, -0.05) is 188 Å². The SMILES string of the molecule is c1ccc(-c2c3c(c4ccccc4c2N(c2ccccc2)c2ccc4ccccc4c2)C(c2ccccc2)(c2ccccc2)c2ccccc2-3)cc1. The average molecular weight is 662 g/mol. The van der Waals surface area contributed by atoms with Gasteiger partial charge in [-0.15, -0.1) is 0 Å². The van der Waals surface area contributed by atoms with Crippen molar-refractivity contribution in [3.05, 3.63) is 235 Å². The smallest absolute Gasteiger partial charge is 0.0719 e. The van der Waals surface area contributed by atoms with Gasteiger partial charge >= 0.3 is 0 Å². The number of fused-ring (bicyclic) bond motifs is 6. The molecule has 1 heteroatoms. The molecular weight excluding hydrogens is 627 g/mol. The number of anilines is 3. The van der Waals surface area contributed by atoms with E-state index in [4.69, 9.17) is 0 Å². The fourth-order valence-corrected chi connectivity index (χ4v) is 8.80. The van der Waals surface area contributed by atoms with Crippen molar-refractivity contribution in [2.45, 2.75) is 5.41 Å². The molecule has 9 aromatic carbocycles. The van der Waals surface area contributed by atoms with Crippen LogP contribution >= 0.6 is 0 Å². The molecule has 1 aliphatic carbocycles. The highest BCUT2D eigenvalue weighted by atomic mass is 15.1. The van der Waals surface area contributed by atoms with Crippen LogP contribution < -0.4 is 4.90 Å². The molecule has 244 valence electrons. The Bertz CT molecular complexity index is 2680. The summed E-state index contributed by atoms with van der Waals surface area (Å²) in [6.45, 7) is 0. The van der Waals surface area contributed by atoms with Gasteiger partial charge in [-0.25, -0.2) is 0 Å². The summed E-state index contributed by atoms with van der Waals surface area (Å²) >= 11 is 0. The zero-order valence-corrected chi connectivity index (χ0v) is 28.7. The van der Waals surface area contributed by atoms with Gasteiger partial charge in [-0.05, 0) is 79.4 Å². The van der Waals surface area contributed by atoms with Crippen LogP contribution in [0.5, 0.6) is 0 Å². The highest BCUT2D eigenvalue weighted by Crippen LogP contribution is 2.63. The van der Waals surface area contributed by atoms with Crippen LogP contribution in [0.4, 0.5) is 17.1 Å². The van der Waals surface area contributed by atoms with Gasteiger partial charge in [0.15, 0.2) is 0 Å². The van der Waals surface area contributed by atoms with Gasteiger partial charge in [0.25, 0.3) is 0 Å². The standard InChI is InChI=1S/C51H35N/c1-5-20-37(21-6-1)47-48-45-31-17-18-32-46(45)51(39-23-7-2-8-24-39,40-25-9-3-10-26-40)49(48)43-29-15-16-30-44(43)50(47)52(41-27-11-4-12-28-41)42-34-33-36-19-13-14-22-38(36)35-42/h1-35H. The minimum Gasteiger partial charge on any atom is -0.309 e. The first kappa shape index (κ1) is 30.2. The predicted molar refractivity (Wildman–Crippen MR) is 219 cm³/mol. The van der Waals surface area contributed by atoms with E-state index in [2.05, 4.69) is 217 Å². The molecule has 52 heavy (non-hydrogen) atoms. The van der Waals surface area contributed by atoms with Crippen LogP contribution in [-0.4, -0.2) is 0 Å². The summed E-state index contributed by atoms with van der Waals surface area (Å²) in [7, 11) is 0. The number of hydrogen-bond donors (Lipinski definition) is 0. The van der Waals surface area contributed by atoms with E-state index in [9.17, 15) is 0 Å². The third-order valence-electron chi connectivity index (χ3n) is 10.9. The molecule has 0 saturated heterocycles. The Morgan fingerprint density at radius 1 is 0.365 bits per heavy atom. The molecule has 1 aliphatic rings. The molecular formula is C51H35N. The summed E-state index contributed by atoms with van der Waals surface area (Å²) in [5.41, 5.74) is 13.0. The lowest BCUT2D eigenvalue weighted by atomic mass is 9.66. The lowest BCUT2D eigenvalue weighted by Gasteiger charge is -2.36. The number of para-hydroxylation sites is 1. The Labute approximate surface area is 304 Å². The summed E-state index contributed by atoms with van der Waals surface area (Å²) in [4.78, 5) is 2.49. The van der Waals surface area contributed by atoms with Crippen LogP contribution in [0.2, 0.25) is 0 Å². The largest absolute Gasteiger partial charge is 0.309 e. The second-order valence-corrected chi connectivity index (χ2v) is 13.6. The molecule has 0 spiro atoms. The Balaban J connectivity index is 1.44. The van der Waals surface area contributed by atoms with Gasteiger partial charge in [-0.3, -0.25) is 0 Å². The third kappa shape index (κ3) is 4.49. The third-order valence-corrected chi connectivity index (χ3v) is 10.9. The molecule has 9 aromatic rings. The van der Waals surface area contributed by atoms with Gasteiger partial charge in [0.05, 0.1) is 11.1 Å². The van der Waals surface area contributed by atoms with Crippen molar-refractivity contribution in [2.24, 2.45) is 0 Å². The molecule has 0 amide bonds. The number of benzene rings is 9. The maximum absolute atomic E-state index is 2.49. The number of rotatable bonds is 6. The van der Waals surface area contributed by atoms with E-state index in [-0.39, 0.29) is 0 Å². The second-order valence-electron chi connectivity index (χ2n) is 13.6. The van der Waals surface area contributed by atoms with Crippen molar-refractivity contribution in [3.8, 4) is 22.3 Å². The first-order valence-electron chi connectivity index (χ1n) is 18.0. The van der Waals surface area contributed by atoms with Gasteiger partial charge < -0.3 is 4.90 Å². The lowest BCUT2D eigenvalue weighted by molar-refractivity contribution is 0.775. The summed E-state index contributed by atoms with van der Waals surface area (Å²) < 4.78 is 0. The highest BCUT2D eigenvalue weighted by molar-refractivity contribution is 6.17. The fraction of sp³-hybridized carbons (Fsp3) is 0.0196. The molecule has 0 atom stereocenters. The van der Waals surface area contributed by atoms with Crippen LogP contribution in [0.3, 0.4) is 0 Å². The molecule has 0 radical (unpaired) electrons.